The Bertz CT molecular complexity index is 432. The average Bonchev–Trinajstić information content (AvgIpc) is 2.92. The number of nitrogens with zero attached hydrogens (tertiary/aromatic N) is 2. The van der Waals surface area contributed by atoms with E-state index in [0.717, 1.165) is 12.8 Å². The largest absolute Gasteiger partial charge is 0.481 e. The first kappa shape index (κ1) is 13.5. The third-order valence-corrected chi connectivity index (χ3v) is 3.44. The second-order valence-electron chi connectivity index (χ2n) is 4.77. The lowest BCUT2D eigenvalue weighted by Gasteiger charge is -2.25. The van der Waals surface area contributed by atoms with Crippen molar-refractivity contribution in [2.75, 3.05) is 6.54 Å². The number of carbonyl (C=O) groups excluding carboxylic acids is 1. The fraction of sp³-hybridized carbons (Fsp3) is 0.667. The minimum Gasteiger partial charge on any atom is -0.481 e. The predicted octanol–water partition coefficient (Wildman–Crippen LogP) is 0.619. The molecule has 1 amide bonds. The van der Waals surface area contributed by atoms with Gasteiger partial charge < -0.3 is 14.9 Å². The quantitative estimate of drug-likeness (QED) is 0.810. The Labute approximate surface area is 110 Å². The van der Waals surface area contributed by atoms with Crippen LogP contribution in [0.3, 0.4) is 0 Å². The van der Waals surface area contributed by atoms with Crippen LogP contribution in [0.5, 0.6) is 0 Å². The van der Waals surface area contributed by atoms with Gasteiger partial charge in [-0.2, -0.15) is 4.98 Å². The van der Waals surface area contributed by atoms with Gasteiger partial charge in [0.2, 0.25) is 11.8 Å². The van der Waals surface area contributed by atoms with Crippen LogP contribution in [0, 0.1) is 11.8 Å². The van der Waals surface area contributed by atoms with Crippen molar-refractivity contribution in [3.8, 4) is 0 Å². The molecule has 7 nitrogen and oxygen atoms in total. The Hall–Kier alpha value is -1.92. The molecule has 2 N–H and O–H groups in total. The van der Waals surface area contributed by atoms with Crippen molar-refractivity contribution < 1.29 is 19.2 Å². The summed E-state index contributed by atoms with van der Waals surface area (Å²) in [5, 5.41) is 15.2. The molecule has 7 heteroatoms. The van der Waals surface area contributed by atoms with E-state index >= 15 is 0 Å². The van der Waals surface area contributed by atoms with Crippen LogP contribution in [-0.4, -0.2) is 33.7 Å². The second kappa shape index (κ2) is 6.31. The molecule has 0 aliphatic heterocycles. The highest BCUT2D eigenvalue weighted by Gasteiger charge is 2.30. The van der Waals surface area contributed by atoms with Crippen molar-refractivity contribution in [1.82, 2.24) is 15.5 Å². The highest BCUT2D eigenvalue weighted by Crippen LogP contribution is 2.29. The summed E-state index contributed by atoms with van der Waals surface area (Å²) in [6, 6.07) is 0. The first-order valence-corrected chi connectivity index (χ1v) is 6.43. The van der Waals surface area contributed by atoms with Crippen molar-refractivity contribution >= 4 is 11.9 Å². The van der Waals surface area contributed by atoms with Gasteiger partial charge in [0.1, 0.15) is 0 Å². The summed E-state index contributed by atoms with van der Waals surface area (Å²) in [4.78, 5) is 26.7. The van der Waals surface area contributed by atoms with Crippen LogP contribution in [0.4, 0.5) is 0 Å². The number of hydrogen-bond donors (Lipinski definition) is 2. The third-order valence-electron chi connectivity index (χ3n) is 3.44. The summed E-state index contributed by atoms with van der Waals surface area (Å²) in [5.41, 5.74) is 0. The van der Waals surface area contributed by atoms with Crippen LogP contribution >= 0.6 is 0 Å². The molecule has 2 rings (SSSR count). The number of nitrogens with one attached hydrogen (secondary N) is 1. The molecule has 0 saturated heterocycles. The lowest BCUT2D eigenvalue weighted by atomic mass is 9.81. The van der Waals surface area contributed by atoms with Crippen molar-refractivity contribution in [3.63, 3.8) is 0 Å². The normalized spacial score (nSPS) is 22.9. The van der Waals surface area contributed by atoms with Gasteiger partial charge in [0.15, 0.2) is 6.33 Å². The minimum absolute atomic E-state index is 0.0783. The molecular weight excluding hydrogens is 250 g/mol. The first-order valence-electron chi connectivity index (χ1n) is 6.43. The molecule has 104 valence electrons. The molecule has 0 bridgehead atoms. The second-order valence-corrected chi connectivity index (χ2v) is 4.77. The highest BCUT2D eigenvalue weighted by atomic mass is 16.5. The number of carboxylic acids is 1. The van der Waals surface area contributed by atoms with E-state index in [9.17, 15) is 9.59 Å². The van der Waals surface area contributed by atoms with Crippen molar-refractivity contribution in [2.45, 2.75) is 32.1 Å². The van der Waals surface area contributed by atoms with E-state index in [1.807, 2.05) is 0 Å². The molecular formula is C12H17N3O4. The van der Waals surface area contributed by atoms with Crippen LogP contribution in [0.15, 0.2) is 10.9 Å². The molecule has 19 heavy (non-hydrogen) atoms. The minimum atomic E-state index is -0.802. The Balaban J connectivity index is 1.74. The SMILES string of the molecule is O=C(O)C1CCCC(C(=O)NCCc2ncno2)C1. The van der Waals surface area contributed by atoms with Crippen LogP contribution < -0.4 is 5.32 Å². The standard InChI is InChI=1S/C12H17N3O4/c16-11(13-5-4-10-14-7-15-19-10)8-2-1-3-9(6-8)12(17)18/h7-9H,1-6H2,(H,13,16)(H,17,18). The van der Waals surface area contributed by atoms with Crippen molar-refractivity contribution in [1.29, 1.82) is 0 Å². The van der Waals surface area contributed by atoms with Crippen LogP contribution in [0.25, 0.3) is 0 Å². The molecule has 1 saturated carbocycles. The van der Waals surface area contributed by atoms with Crippen LogP contribution in [0.2, 0.25) is 0 Å². The molecule has 1 aliphatic carbocycles. The van der Waals surface area contributed by atoms with Crippen LogP contribution in [-0.2, 0) is 16.0 Å². The maximum atomic E-state index is 11.9. The zero-order chi connectivity index (χ0) is 13.7. The van der Waals surface area contributed by atoms with Gasteiger partial charge in [-0.15, -0.1) is 0 Å². The summed E-state index contributed by atoms with van der Waals surface area (Å²) >= 11 is 0. The lowest BCUT2D eigenvalue weighted by molar-refractivity contribution is -0.144. The number of aliphatic carboxylic acids is 1. The summed E-state index contributed by atoms with van der Waals surface area (Å²) < 4.78 is 4.82. The monoisotopic (exact) mass is 267 g/mol. The molecule has 1 aromatic rings. The number of aromatic nitrogens is 2. The Morgan fingerprint density at radius 1 is 1.42 bits per heavy atom. The number of rotatable bonds is 5. The van der Waals surface area contributed by atoms with Gasteiger partial charge in [0, 0.05) is 18.9 Å². The maximum Gasteiger partial charge on any atom is 0.306 e. The van der Waals surface area contributed by atoms with Gasteiger partial charge in [-0.25, -0.2) is 0 Å². The van der Waals surface area contributed by atoms with Crippen LogP contribution in [0.1, 0.15) is 31.6 Å². The molecule has 1 aliphatic rings. The number of hydrogen-bond acceptors (Lipinski definition) is 5. The van der Waals surface area contributed by atoms with E-state index < -0.39 is 5.97 Å². The summed E-state index contributed by atoms with van der Waals surface area (Å²) in [6.45, 7) is 0.426. The van der Waals surface area contributed by atoms with Gasteiger partial charge >= 0.3 is 5.97 Å². The smallest absolute Gasteiger partial charge is 0.306 e. The fourth-order valence-corrected chi connectivity index (χ4v) is 2.40. The molecule has 1 aromatic heterocycles. The highest BCUT2D eigenvalue weighted by molar-refractivity contribution is 5.80. The molecule has 2 unspecified atom stereocenters. The molecule has 1 heterocycles. The lowest BCUT2D eigenvalue weighted by Crippen LogP contribution is -2.36. The molecule has 1 fully saturated rings. The zero-order valence-corrected chi connectivity index (χ0v) is 10.5. The van der Waals surface area contributed by atoms with E-state index in [0.29, 0.717) is 31.7 Å². The van der Waals surface area contributed by atoms with E-state index in [4.69, 9.17) is 9.63 Å². The Kier molecular flexibility index (Phi) is 4.48. The fourth-order valence-electron chi connectivity index (χ4n) is 2.40. The first-order chi connectivity index (χ1) is 9.16. The van der Waals surface area contributed by atoms with Gasteiger partial charge in [-0.1, -0.05) is 11.6 Å². The maximum absolute atomic E-state index is 11.9. The Morgan fingerprint density at radius 3 is 2.89 bits per heavy atom. The molecule has 0 radical (unpaired) electrons. The van der Waals surface area contributed by atoms with Gasteiger partial charge in [0.05, 0.1) is 5.92 Å². The topological polar surface area (TPSA) is 105 Å². The number of carbonyl (C=O) groups is 2. The Morgan fingerprint density at radius 2 is 2.21 bits per heavy atom. The average molecular weight is 267 g/mol. The molecule has 2 atom stereocenters. The van der Waals surface area contributed by atoms with Gasteiger partial charge in [-0.05, 0) is 19.3 Å². The van der Waals surface area contributed by atoms with Gasteiger partial charge in [-0.3, -0.25) is 9.59 Å². The van der Waals surface area contributed by atoms with E-state index in [2.05, 4.69) is 15.5 Å². The van der Waals surface area contributed by atoms with Crippen molar-refractivity contribution in [3.05, 3.63) is 12.2 Å². The third kappa shape index (κ3) is 3.77. The van der Waals surface area contributed by atoms with Crippen molar-refractivity contribution in [2.24, 2.45) is 11.8 Å². The molecule has 0 spiro atoms. The van der Waals surface area contributed by atoms with Gasteiger partial charge in [0.25, 0.3) is 0 Å². The van der Waals surface area contributed by atoms with E-state index in [1.54, 1.807) is 0 Å². The van der Waals surface area contributed by atoms with E-state index in [1.165, 1.54) is 6.33 Å². The number of amides is 1. The number of carboxylic acid groups (broad SMARTS) is 1. The summed E-state index contributed by atoms with van der Waals surface area (Å²) in [5.74, 6) is -0.987. The van der Waals surface area contributed by atoms with E-state index in [-0.39, 0.29) is 17.7 Å². The summed E-state index contributed by atoms with van der Waals surface area (Å²) in [7, 11) is 0. The molecule has 0 aromatic carbocycles. The zero-order valence-electron chi connectivity index (χ0n) is 10.5. The summed E-state index contributed by atoms with van der Waals surface area (Å²) in [6.07, 6.45) is 4.45. The predicted molar refractivity (Wildman–Crippen MR) is 64.1 cm³/mol.